The molecule has 1 aliphatic heterocycles. The van der Waals surface area contributed by atoms with Gasteiger partial charge in [-0.1, -0.05) is 11.8 Å². The number of thioether (sulfide) groups is 1. The lowest BCUT2D eigenvalue weighted by molar-refractivity contribution is -0.121. The summed E-state index contributed by atoms with van der Waals surface area (Å²) in [6.45, 7) is 1.30. The zero-order valence-electron chi connectivity index (χ0n) is 14.6. The van der Waals surface area contributed by atoms with Crippen LogP contribution in [0.1, 0.15) is 18.5 Å². The standard InChI is InChI=1S/C18H20FN3O3S2/c19-12-3-5-13(6-4-12)21-17(24)11-27-18-22-14(10-26-18)8-16(23)20-9-15-2-1-7-25-15/h3-6,10,15H,1-2,7-9,11H2,(H,20,23)(H,21,24). The van der Waals surface area contributed by atoms with Crippen molar-refractivity contribution in [2.24, 2.45) is 0 Å². The van der Waals surface area contributed by atoms with E-state index in [-0.39, 0.29) is 35.9 Å². The fourth-order valence-electron chi connectivity index (χ4n) is 2.55. The van der Waals surface area contributed by atoms with E-state index in [0.29, 0.717) is 17.9 Å². The third-order valence-electron chi connectivity index (χ3n) is 3.88. The smallest absolute Gasteiger partial charge is 0.234 e. The SMILES string of the molecule is O=C(Cc1csc(SCC(=O)Nc2ccc(F)cc2)n1)NCC1CCCO1. The summed E-state index contributed by atoms with van der Waals surface area (Å²) in [6, 6.07) is 5.60. The van der Waals surface area contributed by atoms with Crippen LogP contribution in [0.3, 0.4) is 0 Å². The maximum atomic E-state index is 12.9. The Morgan fingerprint density at radius 3 is 2.85 bits per heavy atom. The molecular formula is C18H20FN3O3S2. The molecule has 1 aromatic heterocycles. The van der Waals surface area contributed by atoms with Crippen molar-refractivity contribution in [3.63, 3.8) is 0 Å². The number of ether oxygens (including phenoxy) is 1. The average molecular weight is 410 g/mol. The second-order valence-corrected chi connectivity index (χ2v) is 8.14. The first-order valence-corrected chi connectivity index (χ1v) is 10.5. The van der Waals surface area contributed by atoms with Gasteiger partial charge in [0.1, 0.15) is 5.82 Å². The molecule has 0 spiro atoms. The number of nitrogens with one attached hydrogen (secondary N) is 2. The second kappa shape index (κ2) is 9.82. The molecule has 2 N–H and O–H groups in total. The summed E-state index contributed by atoms with van der Waals surface area (Å²) in [6.07, 6.45) is 2.36. The Bertz CT molecular complexity index is 776. The number of carbonyl (C=O) groups is 2. The molecular weight excluding hydrogens is 389 g/mol. The van der Waals surface area contributed by atoms with Crippen molar-refractivity contribution in [1.29, 1.82) is 0 Å². The lowest BCUT2D eigenvalue weighted by Gasteiger charge is -2.09. The maximum absolute atomic E-state index is 12.9. The molecule has 0 aliphatic carbocycles. The van der Waals surface area contributed by atoms with Crippen molar-refractivity contribution in [3.8, 4) is 0 Å². The lowest BCUT2D eigenvalue weighted by Crippen LogP contribution is -2.32. The van der Waals surface area contributed by atoms with Crippen molar-refractivity contribution < 1.29 is 18.7 Å². The molecule has 2 amide bonds. The highest BCUT2D eigenvalue weighted by Gasteiger charge is 2.16. The van der Waals surface area contributed by atoms with Crippen molar-refractivity contribution in [2.45, 2.75) is 29.7 Å². The van der Waals surface area contributed by atoms with Gasteiger partial charge >= 0.3 is 0 Å². The highest BCUT2D eigenvalue weighted by atomic mass is 32.2. The molecule has 2 heterocycles. The maximum Gasteiger partial charge on any atom is 0.234 e. The van der Waals surface area contributed by atoms with Gasteiger partial charge in [0.2, 0.25) is 11.8 Å². The number of rotatable bonds is 8. The highest BCUT2D eigenvalue weighted by molar-refractivity contribution is 8.01. The Labute approximate surface area is 164 Å². The van der Waals surface area contributed by atoms with Crippen LogP contribution in [0.5, 0.6) is 0 Å². The van der Waals surface area contributed by atoms with Crippen LogP contribution in [-0.2, 0) is 20.7 Å². The van der Waals surface area contributed by atoms with Crippen LogP contribution in [0.25, 0.3) is 0 Å². The number of hydrogen-bond acceptors (Lipinski definition) is 6. The number of aromatic nitrogens is 1. The molecule has 1 aromatic carbocycles. The molecule has 0 bridgehead atoms. The first kappa shape index (κ1) is 19.8. The summed E-state index contributed by atoms with van der Waals surface area (Å²) in [5.74, 6) is -0.438. The normalized spacial score (nSPS) is 16.3. The van der Waals surface area contributed by atoms with Crippen LogP contribution in [0.2, 0.25) is 0 Å². The summed E-state index contributed by atoms with van der Waals surface area (Å²) in [5, 5.41) is 7.39. The summed E-state index contributed by atoms with van der Waals surface area (Å²) < 4.78 is 19.1. The molecule has 27 heavy (non-hydrogen) atoms. The minimum absolute atomic E-state index is 0.0820. The van der Waals surface area contributed by atoms with E-state index in [1.807, 2.05) is 5.38 Å². The van der Waals surface area contributed by atoms with Gasteiger partial charge in [0.05, 0.1) is 24.0 Å². The average Bonchev–Trinajstić information content (AvgIpc) is 3.32. The quantitative estimate of drug-likeness (QED) is 0.656. The Kier molecular flexibility index (Phi) is 7.19. The van der Waals surface area contributed by atoms with Gasteiger partial charge in [0.25, 0.3) is 0 Å². The first-order chi connectivity index (χ1) is 13.1. The number of thiazole rings is 1. The predicted molar refractivity (Wildman–Crippen MR) is 104 cm³/mol. The monoisotopic (exact) mass is 409 g/mol. The fourth-order valence-corrected chi connectivity index (χ4v) is 4.20. The van der Waals surface area contributed by atoms with Crippen molar-refractivity contribution in [2.75, 3.05) is 24.2 Å². The van der Waals surface area contributed by atoms with E-state index < -0.39 is 0 Å². The molecule has 6 nitrogen and oxygen atoms in total. The van der Waals surface area contributed by atoms with Crippen LogP contribution in [0.4, 0.5) is 10.1 Å². The Morgan fingerprint density at radius 1 is 1.30 bits per heavy atom. The van der Waals surface area contributed by atoms with Crippen molar-refractivity contribution in [3.05, 3.63) is 41.2 Å². The number of halogens is 1. The highest BCUT2D eigenvalue weighted by Crippen LogP contribution is 2.23. The van der Waals surface area contributed by atoms with Crippen LogP contribution in [0, 0.1) is 5.82 Å². The number of anilines is 1. The second-order valence-electron chi connectivity index (χ2n) is 6.06. The third-order valence-corrected chi connectivity index (χ3v) is 5.95. The number of carbonyl (C=O) groups excluding carboxylic acids is 2. The Morgan fingerprint density at radius 2 is 2.11 bits per heavy atom. The van der Waals surface area contributed by atoms with Crippen LogP contribution in [0.15, 0.2) is 34.0 Å². The lowest BCUT2D eigenvalue weighted by atomic mass is 10.2. The predicted octanol–water partition coefficient (Wildman–Crippen LogP) is 2.85. The number of nitrogens with zero attached hydrogens (tertiary/aromatic N) is 1. The van der Waals surface area contributed by atoms with E-state index in [4.69, 9.17) is 4.74 Å². The molecule has 1 atom stereocenters. The molecule has 1 aliphatic rings. The third kappa shape index (κ3) is 6.60. The molecule has 9 heteroatoms. The van der Waals surface area contributed by atoms with Crippen LogP contribution >= 0.6 is 23.1 Å². The summed E-state index contributed by atoms with van der Waals surface area (Å²) in [5.41, 5.74) is 1.23. The van der Waals surface area contributed by atoms with E-state index in [1.54, 1.807) is 0 Å². The van der Waals surface area contributed by atoms with Crippen LogP contribution in [-0.4, -0.2) is 41.8 Å². The molecule has 0 radical (unpaired) electrons. The van der Waals surface area contributed by atoms with Crippen molar-refractivity contribution in [1.82, 2.24) is 10.3 Å². The van der Waals surface area contributed by atoms with Gasteiger partial charge in [0.15, 0.2) is 4.34 Å². The zero-order chi connectivity index (χ0) is 19.1. The molecule has 0 saturated carbocycles. The largest absolute Gasteiger partial charge is 0.376 e. The van der Waals surface area contributed by atoms with Gasteiger partial charge < -0.3 is 15.4 Å². The van der Waals surface area contributed by atoms with Gasteiger partial charge in [-0.15, -0.1) is 11.3 Å². The number of benzene rings is 1. The molecule has 1 saturated heterocycles. The summed E-state index contributed by atoms with van der Waals surface area (Å²) >= 11 is 2.70. The van der Waals surface area contributed by atoms with Crippen molar-refractivity contribution >= 4 is 40.6 Å². The van der Waals surface area contributed by atoms with E-state index >= 15 is 0 Å². The fraction of sp³-hybridized carbons (Fsp3) is 0.389. The number of amides is 2. The summed E-state index contributed by atoms with van der Waals surface area (Å²) in [4.78, 5) is 28.3. The topological polar surface area (TPSA) is 80.3 Å². The van der Waals surface area contributed by atoms with Crippen LogP contribution < -0.4 is 10.6 Å². The van der Waals surface area contributed by atoms with E-state index in [1.165, 1.54) is 47.4 Å². The van der Waals surface area contributed by atoms with Gasteiger partial charge in [-0.25, -0.2) is 9.37 Å². The molecule has 3 rings (SSSR count). The zero-order valence-corrected chi connectivity index (χ0v) is 16.2. The summed E-state index contributed by atoms with van der Waals surface area (Å²) in [7, 11) is 0. The van der Waals surface area contributed by atoms with E-state index in [2.05, 4.69) is 15.6 Å². The minimum Gasteiger partial charge on any atom is -0.376 e. The first-order valence-electron chi connectivity index (χ1n) is 8.59. The van der Waals surface area contributed by atoms with E-state index in [0.717, 1.165) is 23.8 Å². The Hall–Kier alpha value is -1.97. The van der Waals surface area contributed by atoms with E-state index in [9.17, 15) is 14.0 Å². The van der Waals surface area contributed by atoms with Gasteiger partial charge in [-0.3, -0.25) is 9.59 Å². The number of hydrogen-bond donors (Lipinski definition) is 2. The minimum atomic E-state index is -0.350. The van der Waals surface area contributed by atoms with Gasteiger partial charge in [-0.2, -0.15) is 0 Å². The van der Waals surface area contributed by atoms with Gasteiger partial charge in [-0.05, 0) is 37.1 Å². The molecule has 2 aromatic rings. The Balaban J connectivity index is 1.38. The molecule has 1 fully saturated rings. The molecule has 1 unspecified atom stereocenters. The molecule has 144 valence electrons. The van der Waals surface area contributed by atoms with Gasteiger partial charge in [0, 0.05) is 24.2 Å².